The first kappa shape index (κ1) is 19.2. The lowest BCUT2D eigenvalue weighted by molar-refractivity contribution is -0.122. The normalized spacial score (nSPS) is 13.3. The van der Waals surface area contributed by atoms with Gasteiger partial charge in [0.05, 0.1) is 6.04 Å². The molecule has 0 fully saturated rings. The molecule has 5 nitrogen and oxygen atoms in total. The number of benzene rings is 1. The first-order valence-electron chi connectivity index (χ1n) is 7.52. The molecule has 0 aromatic heterocycles. The highest BCUT2D eigenvalue weighted by molar-refractivity contribution is 6.31. The third-order valence-corrected chi connectivity index (χ3v) is 3.67. The molecule has 3 amide bonds. The van der Waals surface area contributed by atoms with Crippen LogP contribution in [-0.2, 0) is 4.79 Å². The Labute approximate surface area is 141 Å². The summed E-state index contributed by atoms with van der Waals surface area (Å²) in [5.41, 5.74) is 0.814. The number of hydrogen-bond acceptors (Lipinski definition) is 2. The summed E-state index contributed by atoms with van der Waals surface area (Å²) >= 11 is 6.19. The van der Waals surface area contributed by atoms with Gasteiger partial charge in [-0.05, 0) is 24.5 Å². The molecular formula is C16H23ClFN3O2. The number of carbonyl (C=O) groups excluding carboxylic acids is 2. The topological polar surface area (TPSA) is 70.2 Å². The number of nitrogens with one attached hydrogen (secondary N) is 3. The van der Waals surface area contributed by atoms with Crippen molar-refractivity contribution in [3.63, 3.8) is 0 Å². The fourth-order valence-corrected chi connectivity index (χ4v) is 2.35. The number of amides is 3. The van der Waals surface area contributed by atoms with Crippen molar-refractivity contribution in [1.82, 2.24) is 16.0 Å². The fraction of sp³-hybridized carbons (Fsp3) is 0.500. The van der Waals surface area contributed by atoms with Gasteiger partial charge in [-0.3, -0.25) is 4.79 Å². The van der Waals surface area contributed by atoms with Gasteiger partial charge in [-0.25, -0.2) is 9.18 Å². The molecular weight excluding hydrogens is 321 g/mol. The third-order valence-electron chi connectivity index (χ3n) is 3.33. The minimum absolute atomic E-state index is 0.0687. The summed E-state index contributed by atoms with van der Waals surface area (Å²) in [4.78, 5) is 23.8. The molecule has 0 radical (unpaired) electrons. The van der Waals surface area contributed by atoms with E-state index >= 15 is 0 Å². The molecule has 0 saturated carbocycles. The Balaban J connectivity index is 2.69. The average Bonchev–Trinajstić information content (AvgIpc) is 2.50. The van der Waals surface area contributed by atoms with Crippen LogP contribution in [0.3, 0.4) is 0 Å². The average molecular weight is 344 g/mol. The Morgan fingerprint density at radius 1 is 1.17 bits per heavy atom. The van der Waals surface area contributed by atoms with Crippen LogP contribution in [0.25, 0.3) is 0 Å². The van der Waals surface area contributed by atoms with E-state index in [4.69, 9.17) is 11.6 Å². The maximum absolute atomic E-state index is 12.1. The minimum Gasteiger partial charge on any atom is -0.352 e. The second kappa shape index (κ2) is 9.35. The number of alkyl halides is 1. The van der Waals surface area contributed by atoms with Crippen molar-refractivity contribution in [2.24, 2.45) is 5.92 Å². The highest BCUT2D eigenvalue weighted by atomic mass is 35.5. The molecule has 0 spiro atoms. The Kier molecular flexibility index (Phi) is 7.81. The van der Waals surface area contributed by atoms with Crippen LogP contribution in [0.15, 0.2) is 24.3 Å². The lowest BCUT2D eigenvalue weighted by atomic mass is 9.96. The van der Waals surface area contributed by atoms with Gasteiger partial charge in [0.15, 0.2) is 0 Å². The van der Waals surface area contributed by atoms with Crippen molar-refractivity contribution in [3.8, 4) is 0 Å². The van der Waals surface area contributed by atoms with Crippen LogP contribution in [0.2, 0.25) is 5.02 Å². The number of rotatable bonds is 7. The largest absolute Gasteiger partial charge is 0.352 e. The number of carbonyl (C=O) groups is 2. The van der Waals surface area contributed by atoms with E-state index in [1.54, 1.807) is 6.07 Å². The van der Waals surface area contributed by atoms with Crippen molar-refractivity contribution in [3.05, 3.63) is 34.9 Å². The number of urea groups is 1. The molecule has 3 N–H and O–H groups in total. The summed E-state index contributed by atoms with van der Waals surface area (Å²) in [6.45, 7) is 4.75. The van der Waals surface area contributed by atoms with Crippen LogP contribution in [0.1, 0.15) is 32.4 Å². The van der Waals surface area contributed by atoms with Gasteiger partial charge >= 0.3 is 6.03 Å². The van der Waals surface area contributed by atoms with Crippen molar-refractivity contribution < 1.29 is 14.0 Å². The zero-order valence-corrected chi connectivity index (χ0v) is 14.3. The van der Waals surface area contributed by atoms with Crippen LogP contribution in [-0.4, -0.2) is 31.2 Å². The van der Waals surface area contributed by atoms with Gasteiger partial charge < -0.3 is 16.0 Å². The molecule has 1 aromatic carbocycles. The number of halogens is 2. The lowest BCUT2D eigenvalue weighted by Crippen LogP contribution is -2.49. The summed E-state index contributed by atoms with van der Waals surface area (Å²) in [5.74, 6) is -0.326. The predicted molar refractivity (Wildman–Crippen MR) is 89.1 cm³/mol. The standard InChI is InChI=1S/C16H23ClFN3O2/c1-10(2)14(12-6-4-5-7-13(12)17)21-16(23)20-11(3)15(22)19-9-8-18/h4-7,10-11,14H,8-9H2,1-3H3,(H,19,22)(H2,20,21,23)/t11-,14+/m0/s1. The molecule has 1 aromatic rings. The van der Waals surface area contributed by atoms with Gasteiger partial charge in [-0.1, -0.05) is 43.6 Å². The summed E-state index contributed by atoms with van der Waals surface area (Å²) in [6, 6.07) is 5.75. The monoisotopic (exact) mass is 343 g/mol. The lowest BCUT2D eigenvalue weighted by Gasteiger charge is -2.25. The molecule has 2 atom stereocenters. The van der Waals surface area contributed by atoms with Gasteiger partial charge in [-0.15, -0.1) is 0 Å². The Morgan fingerprint density at radius 2 is 1.83 bits per heavy atom. The van der Waals surface area contributed by atoms with E-state index in [1.165, 1.54) is 6.92 Å². The zero-order chi connectivity index (χ0) is 17.4. The number of hydrogen-bond donors (Lipinski definition) is 3. The Bertz CT molecular complexity index is 540. The van der Waals surface area contributed by atoms with E-state index in [2.05, 4.69) is 16.0 Å². The van der Waals surface area contributed by atoms with Crippen LogP contribution in [0, 0.1) is 5.92 Å². The third kappa shape index (κ3) is 6.06. The van der Waals surface area contributed by atoms with Gasteiger partial charge in [0.1, 0.15) is 12.7 Å². The molecule has 0 saturated heterocycles. The Morgan fingerprint density at radius 3 is 2.39 bits per heavy atom. The molecule has 128 valence electrons. The summed E-state index contributed by atoms with van der Waals surface area (Å²) in [6.07, 6.45) is 0. The SMILES string of the molecule is CC(C)[C@@H](NC(=O)N[C@@H](C)C(=O)NCCF)c1ccccc1Cl. The van der Waals surface area contributed by atoms with Crippen LogP contribution < -0.4 is 16.0 Å². The van der Waals surface area contributed by atoms with Crippen LogP contribution in [0.4, 0.5) is 9.18 Å². The van der Waals surface area contributed by atoms with Crippen LogP contribution >= 0.6 is 11.6 Å². The smallest absolute Gasteiger partial charge is 0.315 e. The Hall–Kier alpha value is -1.82. The molecule has 0 aliphatic carbocycles. The maximum atomic E-state index is 12.1. The molecule has 0 heterocycles. The van der Waals surface area contributed by atoms with Gasteiger partial charge in [-0.2, -0.15) is 0 Å². The highest BCUT2D eigenvalue weighted by Gasteiger charge is 2.22. The van der Waals surface area contributed by atoms with Crippen LogP contribution in [0.5, 0.6) is 0 Å². The van der Waals surface area contributed by atoms with E-state index in [-0.39, 0.29) is 18.5 Å². The first-order chi connectivity index (χ1) is 10.9. The van der Waals surface area contributed by atoms with Gasteiger partial charge in [0.25, 0.3) is 0 Å². The second-order valence-electron chi connectivity index (χ2n) is 5.56. The minimum atomic E-state index is -0.763. The van der Waals surface area contributed by atoms with E-state index in [9.17, 15) is 14.0 Å². The molecule has 0 unspecified atom stereocenters. The summed E-state index contributed by atoms with van der Waals surface area (Å²) < 4.78 is 12.0. The van der Waals surface area contributed by atoms with Crippen molar-refractivity contribution in [1.29, 1.82) is 0 Å². The first-order valence-corrected chi connectivity index (χ1v) is 7.89. The van der Waals surface area contributed by atoms with E-state index in [0.717, 1.165) is 5.56 Å². The quantitative estimate of drug-likeness (QED) is 0.712. The van der Waals surface area contributed by atoms with E-state index in [1.807, 2.05) is 32.0 Å². The van der Waals surface area contributed by atoms with Gasteiger partial charge in [0.2, 0.25) is 5.91 Å². The maximum Gasteiger partial charge on any atom is 0.315 e. The van der Waals surface area contributed by atoms with E-state index < -0.39 is 24.7 Å². The second-order valence-corrected chi connectivity index (χ2v) is 5.97. The van der Waals surface area contributed by atoms with E-state index in [0.29, 0.717) is 5.02 Å². The van der Waals surface area contributed by atoms with Crippen molar-refractivity contribution >= 4 is 23.5 Å². The fourth-order valence-electron chi connectivity index (χ4n) is 2.10. The molecule has 23 heavy (non-hydrogen) atoms. The zero-order valence-electron chi connectivity index (χ0n) is 13.5. The molecule has 0 bridgehead atoms. The van der Waals surface area contributed by atoms with Crippen molar-refractivity contribution in [2.75, 3.05) is 13.2 Å². The van der Waals surface area contributed by atoms with Crippen molar-refractivity contribution in [2.45, 2.75) is 32.9 Å². The molecule has 7 heteroatoms. The molecule has 0 aliphatic rings. The summed E-state index contributed by atoms with van der Waals surface area (Å²) in [7, 11) is 0. The predicted octanol–water partition coefficient (Wildman–Crippen LogP) is 2.81. The highest BCUT2D eigenvalue weighted by Crippen LogP contribution is 2.27. The molecule has 1 rings (SSSR count). The summed E-state index contributed by atoms with van der Waals surface area (Å²) in [5, 5.41) is 8.31. The van der Waals surface area contributed by atoms with Gasteiger partial charge in [0, 0.05) is 11.6 Å². The molecule has 0 aliphatic heterocycles.